The zero-order chi connectivity index (χ0) is 20.2. The molecule has 1 aromatic carbocycles. The molecule has 0 radical (unpaired) electrons. The lowest BCUT2D eigenvalue weighted by molar-refractivity contribution is 0.123. The molecule has 2 aromatic rings. The molecule has 1 aromatic heterocycles. The number of rotatable bonds is 11. The van der Waals surface area contributed by atoms with E-state index in [1.165, 1.54) is 0 Å². The van der Waals surface area contributed by atoms with E-state index in [1.807, 2.05) is 30.3 Å². The van der Waals surface area contributed by atoms with Crippen molar-refractivity contribution in [1.29, 1.82) is 0 Å². The maximum Gasteiger partial charge on any atom is 0.191 e. The van der Waals surface area contributed by atoms with E-state index in [9.17, 15) is 0 Å². The van der Waals surface area contributed by atoms with Crippen molar-refractivity contribution in [3.63, 3.8) is 0 Å². The number of nitrogens with zero attached hydrogens (tertiary/aromatic N) is 2. The van der Waals surface area contributed by atoms with Crippen LogP contribution < -0.4 is 15.4 Å². The topological polar surface area (TPSA) is 80.9 Å². The molecule has 0 amide bonds. The van der Waals surface area contributed by atoms with Gasteiger partial charge in [0, 0.05) is 31.1 Å². The van der Waals surface area contributed by atoms with E-state index >= 15 is 0 Å². The highest BCUT2D eigenvalue weighted by Crippen LogP contribution is 2.22. The fourth-order valence-corrected chi connectivity index (χ4v) is 2.95. The summed E-state index contributed by atoms with van der Waals surface area (Å²) in [4.78, 5) is 4.22. The molecule has 7 nitrogen and oxygen atoms in total. The van der Waals surface area contributed by atoms with Gasteiger partial charge < -0.3 is 24.6 Å². The van der Waals surface area contributed by atoms with Gasteiger partial charge in [0.1, 0.15) is 5.75 Å². The monoisotopic (exact) mass is 516 g/mol. The zero-order valence-corrected chi connectivity index (χ0v) is 20.1. The van der Waals surface area contributed by atoms with Crippen LogP contribution in [0, 0.1) is 0 Å². The zero-order valence-electron chi connectivity index (χ0n) is 17.7. The van der Waals surface area contributed by atoms with Crippen LogP contribution in [0.1, 0.15) is 49.6 Å². The summed E-state index contributed by atoms with van der Waals surface area (Å²) >= 11 is 0. The number of ether oxygens (including phenoxy) is 2. The number of aliphatic imine (C=N–C) groups is 1. The number of methoxy groups -OCH3 is 1. The molecular weight excluding hydrogens is 483 g/mol. The molecular formula is C21H33IN4O3. The van der Waals surface area contributed by atoms with E-state index in [2.05, 4.69) is 34.6 Å². The molecule has 0 aliphatic heterocycles. The molecule has 162 valence electrons. The second kappa shape index (κ2) is 14.2. The maximum atomic E-state index is 5.72. The van der Waals surface area contributed by atoms with Crippen molar-refractivity contribution in [2.24, 2.45) is 4.99 Å². The van der Waals surface area contributed by atoms with Crippen molar-refractivity contribution in [2.75, 3.05) is 27.3 Å². The molecule has 0 bridgehead atoms. The predicted octanol–water partition coefficient (Wildman–Crippen LogP) is 4.09. The Morgan fingerprint density at radius 3 is 2.66 bits per heavy atom. The first kappa shape index (κ1) is 25.2. The summed E-state index contributed by atoms with van der Waals surface area (Å²) in [6, 6.07) is 9.88. The first-order chi connectivity index (χ1) is 13.7. The van der Waals surface area contributed by atoms with E-state index in [-0.39, 0.29) is 24.0 Å². The van der Waals surface area contributed by atoms with Crippen molar-refractivity contribution in [3.05, 3.63) is 47.3 Å². The summed E-state index contributed by atoms with van der Waals surface area (Å²) in [6.45, 7) is 6.58. The Morgan fingerprint density at radius 1 is 1.21 bits per heavy atom. The molecule has 0 fully saturated rings. The molecule has 0 saturated carbocycles. The van der Waals surface area contributed by atoms with Crippen LogP contribution in [0.4, 0.5) is 0 Å². The Bertz CT molecular complexity index is 732. The van der Waals surface area contributed by atoms with Gasteiger partial charge in [-0.25, -0.2) is 0 Å². The van der Waals surface area contributed by atoms with Crippen LogP contribution in [-0.4, -0.2) is 38.4 Å². The fourth-order valence-electron chi connectivity index (χ4n) is 2.95. The SMILES string of the molecule is CCC(CC)c1cc(CNC(=NC)NCCOCc2ccccc2OC)on1.I. The van der Waals surface area contributed by atoms with Crippen molar-refractivity contribution >= 4 is 29.9 Å². The number of aromatic nitrogens is 1. The van der Waals surface area contributed by atoms with Gasteiger partial charge in [0.2, 0.25) is 0 Å². The summed E-state index contributed by atoms with van der Waals surface area (Å²) in [5, 5.41) is 10.6. The van der Waals surface area contributed by atoms with Crippen molar-refractivity contribution in [3.8, 4) is 5.75 Å². The van der Waals surface area contributed by atoms with Crippen LogP contribution in [0.15, 0.2) is 39.8 Å². The second-order valence-electron chi connectivity index (χ2n) is 6.45. The van der Waals surface area contributed by atoms with E-state index in [0.717, 1.165) is 35.6 Å². The molecule has 8 heteroatoms. The number of halogens is 1. The van der Waals surface area contributed by atoms with Gasteiger partial charge in [0.05, 0.1) is 32.6 Å². The lowest BCUT2D eigenvalue weighted by Gasteiger charge is -2.12. The summed E-state index contributed by atoms with van der Waals surface area (Å²) in [6.07, 6.45) is 2.13. The number of nitrogens with one attached hydrogen (secondary N) is 2. The van der Waals surface area contributed by atoms with Crippen molar-refractivity contribution in [1.82, 2.24) is 15.8 Å². The quantitative estimate of drug-likeness (QED) is 0.203. The normalized spacial score (nSPS) is 11.3. The number of guanidine groups is 1. The van der Waals surface area contributed by atoms with Gasteiger partial charge in [0.15, 0.2) is 11.7 Å². The molecule has 0 aliphatic rings. The minimum atomic E-state index is 0. The van der Waals surface area contributed by atoms with Crippen LogP contribution in [0.3, 0.4) is 0 Å². The largest absolute Gasteiger partial charge is 0.496 e. The Morgan fingerprint density at radius 2 is 1.97 bits per heavy atom. The highest BCUT2D eigenvalue weighted by atomic mass is 127. The van der Waals surface area contributed by atoms with Crippen LogP contribution >= 0.6 is 24.0 Å². The van der Waals surface area contributed by atoms with Gasteiger partial charge in [0.25, 0.3) is 0 Å². The van der Waals surface area contributed by atoms with Gasteiger partial charge in [-0.15, -0.1) is 24.0 Å². The Labute approximate surface area is 190 Å². The fraction of sp³-hybridized carbons (Fsp3) is 0.524. The van der Waals surface area contributed by atoms with Crippen molar-refractivity contribution < 1.29 is 14.0 Å². The third-order valence-corrected chi connectivity index (χ3v) is 4.62. The van der Waals surface area contributed by atoms with Gasteiger partial charge in [-0.1, -0.05) is 37.2 Å². The molecule has 1 heterocycles. The second-order valence-corrected chi connectivity index (χ2v) is 6.45. The Hall–Kier alpha value is -1.81. The molecule has 2 N–H and O–H groups in total. The van der Waals surface area contributed by atoms with E-state index < -0.39 is 0 Å². The standard InChI is InChI=1S/C21H32N4O3.HI/c1-5-16(6-2)19-13-18(28-25-19)14-24-21(22-3)23-11-12-27-15-17-9-7-8-10-20(17)26-4;/h7-10,13,16H,5-6,11-12,14-15H2,1-4H3,(H2,22,23,24);1H. The van der Waals surface area contributed by atoms with Crippen LogP contribution in [0.5, 0.6) is 5.75 Å². The van der Waals surface area contributed by atoms with Gasteiger partial charge >= 0.3 is 0 Å². The highest BCUT2D eigenvalue weighted by Gasteiger charge is 2.13. The average molecular weight is 516 g/mol. The van der Waals surface area contributed by atoms with Gasteiger partial charge in [-0.3, -0.25) is 4.99 Å². The Balaban J connectivity index is 0.00000420. The van der Waals surface area contributed by atoms with Crippen LogP contribution in [0.25, 0.3) is 0 Å². The van der Waals surface area contributed by atoms with Gasteiger partial charge in [-0.05, 0) is 18.9 Å². The molecule has 29 heavy (non-hydrogen) atoms. The number of hydrogen-bond acceptors (Lipinski definition) is 5. The number of benzene rings is 1. The summed E-state index contributed by atoms with van der Waals surface area (Å²) in [5.41, 5.74) is 2.06. The lowest BCUT2D eigenvalue weighted by Crippen LogP contribution is -2.38. The molecule has 0 spiro atoms. The molecule has 0 aliphatic carbocycles. The predicted molar refractivity (Wildman–Crippen MR) is 126 cm³/mol. The first-order valence-corrected chi connectivity index (χ1v) is 9.81. The van der Waals surface area contributed by atoms with Gasteiger partial charge in [-0.2, -0.15) is 0 Å². The number of hydrogen-bond donors (Lipinski definition) is 2. The van der Waals surface area contributed by atoms with E-state index in [4.69, 9.17) is 14.0 Å². The van der Waals surface area contributed by atoms with E-state index in [0.29, 0.717) is 38.2 Å². The smallest absolute Gasteiger partial charge is 0.191 e. The average Bonchev–Trinajstić information content (AvgIpc) is 3.20. The highest BCUT2D eigenvalue weighted by molar-refractivity contribution is 14.0. The summed E-state index contributed by atoms with van der Waals surface area (Å²) < 4.78 is 16.5. The third-order valence-electron chi connectivity index (χ3n) is 4.62. The molecule has 0 saturated heterocycles. The van der Waals surface area contributed by atoms with Crippen LogP contribution in [0.2, 0.25) is 0 Å². The minimum absolute atomic E-state index is 0. The summed E-state index contributed by atoms with van der Waals surface area (Å²) in [5.74, 6) is 2.79. The first-order valence-electron chi connectivity index (χ1n) is 9.81. The lowest BCUT2D eigenvalue weighted by atomic mass is 9.99. The third kappa shape index (κ3) is 8.22. The number of para-hydroxylation sites is 1. The summed E-state index contributed by atoms with van der Waals surface area (Å²) in [7, 11) is 3.40. The van der Waals surface area contributed by atoms with Crippen LogP contribution in [-0.2, 0) is 17.9 Å². The Kier molecular flexibility index (Phi) is 12.4. The molecule has 0 atom stereocenters. The minimum Gasteiger partial charge on any atom is -0.496 e. The molecule has 2 rings (SSSR count). The maximum absolute atomic E-state index is 5.72. The molecule has 0 unspecified atom stereocenters. The van der Waals surface area contributed by atoms with E-state index in [1.54, 1.807) is 14.2 Å². The van der Waals surface area contributed by atoms with Crippen molar-refractivity contribution in [2.45, 2.75) is 45.8 Å².